The van der Waals surface area contributed by atoms with E-state index in [1.54, 1.807) is 6.07 Å². The molecule has 3 aliphatic rings. The smallest absolute Gasteiger partial charge is 0.352 e. The highest BCUT2D eigenvalue weighted by molar-refractivity contribution is 6.00. The molecule has 3 amide bonds. The zero-order valence-corrected chi connectivity index (χ0v) is 16.6. The number of carbonyl (C=O) groups excluding carboxylic acids is 2. The van der Waals surface area contributed by atoms with E-state index in [0.717, 1.165) is 0 Å². The van der Waals surface area contributed by atoms with Crippen LogP contribution in [0.1, 0.15) is 26.2 Å². The number of aliphatic hydroxyl groups is 1. The van der Waals surface area contributed by atoms with E-state index in [1.807, 2.05) is 0 Å². The largest absolute Gasteiger partial charge is 0.477 e. The molecule has 0 aromatic heterocycles. The predicted molar refractivity (Wildman–Crippen MR) is 107 cm³/mol. The highest BCUT2D eigenvalue weighted by atomic mass is 16.6. The lowest BCUT2D eigenvalue weighted by atomic mass is 9.71. The van der Waals surface area contributed by atoms with E-state index in [-0.39, 0.29) is 23.0 Å². The van der Waals surface area contributed by atoms with Gasteiger partial charge in [-0.2, -0.15) is 0 Å². The fourth-order valence-corrected chi connectivity index (χ4v) is 5.09. The van der Waals surface area contributed by atoms with E-state index >= 15 is 0 Å². The molecule has 0 radical (unpaired) electrons. The van der Waals surface area contributed by atoms with Gasteiger partial charge in [-0.15, -0.1) is 0 Å². The topological polar surface area (TPSA) is 162 Å². The second-order valence-corrected chi connectivity index (χ2v) is 8.04. The van der Waals surface area contributed by atoms with Gasteiger partial charge in [-0.25, -0.2) is 9.59 Å². The summed E-state index contributed by atoms with van der Waals surface area (Å²) in [5.41, 5.74) is 0.0925. The summed E-state index contributed by atoms with van der Waals surface area (Å²) in [5, 5.41) is 36.1. The van der Waals surface area contributed by atoms with Crippen LogP contribution < -0.4 is 10.6 Å². The van der Waals surface area contributed by atoms with Gasteiger partial charge in [-0.3, -0.25) is 14.9 Å². The second-order valence-electron chi connectivity index (χ2n) is 8.04. The number of aliphatic hydroxyl groups excluding tert-OH is 1. The van der Waals surface area contributed by atoms with Crippen molar-refractivity contribution in [2.24, 2.45) is 11.8 Å². The maximum atomic E-state index is 12.6. The summed E-state index contributed by atoms with van der Waals surface area (Å²) in [4.78, 5) is 48.9. The van der Waals surface area contributed by atoms with Crippen molar-refractivity contribution in [3.8, 4) is 0 Å². The van der Waals surface area contributed by atoms with Crippen LogP contribution in [-0.2, 0) is 9.59 Å². The van der Waals surface area contributed by atoms with Gasteiger partial charge in [0.2, 0.25) is 5.91 Å². The van der Waals surface area contributed by atoms with Gasteiger partial charge in [0.15, 0.2) is 0 Å². The van der Waals surface area contributed by atoms with E-state index in [9.17, 15) is 34.7 Å². The minimum atomic E-state index is -1.26. The molecule has 2 heterocycles. The zero-order valence-electron chi connectivity index (χ0n) is 16.6. The number of nitrogens with one attached hydrogen (secondary N) is 2. The van der Waals surface area contributed by atoms with Crippen LogP contribution >= 0.6 is 0 Å². The molecule has 1 aromatic rings. The van der Waals surface area contributed by atoms with Crippen LogP contribution in [0.15, 0.2) is 35.5 Å². The molecule has 0 spiro atoms. The summed E-state index contributed by atoms with van der Waals surface area (Å²) in [6, 6.07) is 3.92. The molecule has 1 unspecified atom stereocenters. The first-order valence-electron chi connectivity index (χ1n) is 10.0. The number of hydrogen-bond donors (Lipinski definition) is 4. The number of nitro groups is 1. The number of carbonyl (C=O) groups is 3. The average molecular weight is 430 g/mol. The second kappa shape index (κ2) is 7.65. The molecule has 1 saturated carbocycles. The first kappa shape index (κ1) is 20.8. The molecule has 1 aliphatic carbocycles. The Morgan fingerprint density at radius 3 is 2.65 bits per heavy atom. The van der Waals surface area contributed by atoms with Crippen LogP contribution in [-0.4, -0.2) is 56.1 Å². The maximum absolute atomic E-state index is 12.6. The lowest BCUT2D eigenvalue weighted by Gasteiger charge is -2.47. The molecule has 1 saturated heterocycles. The predicted octanol–water partition coefficient (Wildman–Crippen LogP) is 1.45. The average Bonchev–Trinajstić information content (AvgIpc) is 2.99. The number of anilines is 1. The molecule has 31 heavy (non-hydrogen) atoms. The van der Waals surface area contributed by atoms with E-state index < -0.39 is 46.9 Å². The number of nitro benzene ring substituents is 1. The quantitative estimate of drug-likeness (QED) is 0.312. The fourth-order valence-electron chi connectivity index (χ4n) is 5.09. The molecule has 11 nitrogen and oxygen atoms in total. The molecule has 164 valence electrons. The van der Waals surface area contributed by atoms with Gasteiger partial charge in [-0.05, 0) is 31.4 Å². The Bertz CT molecular complexity index is 1000. The highest BCUT2D eigenvalue weighted by Crippen LogP contribution is 2.52. The van der Waals surface area contributed by atoms with Crippen molar-refractivity contribution in [2.75, 3.05) is 5.32 Å². The third kappa shape index (κ3) is 3.30. The Kier molecular flexibility index (Phi) is 5.13. The van der Waals surface area contributed by atoms with Crippen LogP contribution in [0.25, 0.3) is 0 Å². The van der Waals surface area contributed by atoms with Crippen molar-refractivity contribution < 1.29 is 29.5 Å². The lowest BCUT2D eigenvalue weighted by Crippen LogP contribution is -2.64. The van der Waals surface area contributed by atoms with Gasteiger partial charge in [0.05, 0.1) is 29.0 Å². The number of hydrogen-bond acceptors (Lipinski definition) is 6. The van der Waals surface area contributed by atoms with Crippen molar-refractivity contribution >= 4 is 29.3 Å². The fraction of sp³-hybridized carbons (Fsp3) is 0.450. The van der Waals surface area contributed by atoms with Gasteiger partial charge in [0.1, 0.15) is 11.4 Å². The molecule has 0 bridgehead atoms. The molecular weight excluding hydrogens is 408 g/mol. The maximum Gasteiger partial charge on any atom is 0.352 e. The number of rotatable bonds is 5. The minimum absolute atomic E-state index is 0.0179. The SMILES string of the molecule is CC(O)[C@H]1C(=O)N2C(C(=O)O)=C3[C@@H](NC(=O)Nc4ccccc4[N+](=O)[O-])CCC[C@@H]3[C@H]12. The number of urea groups is 1. The summed E-state index contributed by atoms with van der Waals surface area (Å²) in [7, 11) is 0. The summed E-state index contributed by atoms with van der Waals surface area (Å²) < 4.78 is 0. The number of carboxylic acids is 1. The number of amides is 3. The third-order valence-corrected chi connectivity index (χ3v) is 6.27. The van der Waals surface area contributed by atoms with Gasteiger partial charge in [0, 0.05) is 12.0 Å². The first-order chi connectivity index (χ1) is 14.7. The van der Waals surface area contributed by atoms with Crippen molar-refractivity contribution in [3.05, 3.63) is 45.6 Å². The monoisotopic (exact) mass is 430 g/mol. The van der Waals surface area contributed by atoms with Crippen LogP contribution in [0.3, 0.4) is 0 Å². The zero-order chi connectivity index (χ0) is 22.4. The summed E-state index contributed by atoms with van der Waals surface area (Å²) >= 11 is 0. The molecule has 5 atom stereocenters. The molecule has 11 heteroatoms. The number of para-hydroxylation sites is 2. The Morgan fingerprint density at radius 2 is 2.00 bits per heavy atom. The highest BCUT2D eigenvalue weighted by Gasteiger charge is 2.62. The molecule has 1 aromatic carbocycles. The Morgan fingerprint density at radius 1 is 1.29 bits per heavy atom. The van der Waals surface area contributed by atoms with Crippen molar-refractivity contribution in [3.63, 3.8) is 0 Å². The minimum Gasteiger partial charge on any atom is -0.477 e. The van der Waals surface area contributed by atoms with Gasteiger partial charge in [-0.1, -0.05) is 18.6 Å². The lowest BCUT2D eigenvalue weighted by molar-refractivity contribution is -0.383. The van der Waals surface area contributed by atoms with E-state index in [4.69, 9.17) is 0 Å². The van der Waals surface area contributed by atoms with Crippen LogP contribution in [0.4, 0.5) is 16.2 Å². The number of carboxylic acid groups (broad SMARTS) is 1. The van der Waals surface area contributed by atoms with Gasteiger partial charge < -0.3 is 25.7 Å². The standard InChI is InChI=1S/C20H22N4O7/c1-9(25)14-16-10-5-4-7-12(15(10)17(19(27)28)23(16)18(14)26)22-20(29)21-11-6-2-3-8-13(11)24(30)31/h2-3,6,8-10,12,14,16,25H,4-5,7H2,1H3,(H,27,28)(H2,21,22,29)/t9?,10-,12-,14+,16+/m0/s1. The normalized spacial score (nSPS) is 27.7. The van der Waals surface area contributed by atoms with E-state index in [2.05, 4.69) is 10.6 Å². The van der Waals surface area contributed by atoms with Crippen molar-refractivity contribution in [1.29, 1.82) is 0 Å². The summed E-state index contributed by atoms with van der Waals surface area (Å²) in [5.74, 6) is -2.62. The molecule has 2 aliphatic heterocycles. The Balaban J connectivity index is 1.59. The van der Waals surface area contributed by atoms with Crippen LogP contribution in [0, 0.1) is 22.0 Å². The van der Waals surface area contributed by atoms with Gasteiger partial charge in [0.25, 0.3) is 5.69 Å². The molecule has 4 N–H and O–H groups in total. The number of benzene rings is 1. The summed E-state index contributed by atoms with van der Waals surface area (Å²) in [6.07, 6.45) is 0.913. The summed E-state index contributed by atoms with van der Waals surface area (Å²) in [6.45, 7) is 1.51. The number of aliphatic carboxylic acids is 1. The Hall–Kier alpha value is -3.47. The number of β-lactam (4-membered cyclic amide) rings is 1. The van der Waals surface area contributed by atoms with E-state index in [1.165, 1.54) is 30.0 Å². The van der Waals surface area contributed by atoms with E-state index in [0.29, 0.717) is 24.8 Å². The first-order valence-corrected chi connectivity index (χ1v) is 10.0. The van der Waals surface area contributed by atoms with Crippen molar-refractivity contribution in [1.82, 2.24) is 10.2 Å². The molecule has 4 rings (SSSR count). The number of nitrogens with zero attached hydrogens (tertiary/aromatic N) is 2. The van der Waals surface area contributed by atoms with Crippen LogP contribution in [0.2, 0.25) is 0 Å². The molecular formula is C20H22N4O7. The number of fused-ring (bicyclic) bond motifs is 3. The van der Waals surface area contributed by atoms with Gasteiger partial charge >= 0.3 is 12.0 Å². The Labute approximate surface area is 176 Å². The molecule has 2 fully saturated rings. The van der Waals surface area contributed by atoms with Crippen LogP contribution in [0.5, 0.6) is 0 Å². The third-order valence-electron chi connectivity index (χ3n) is 6.27. The van der Waals surface area contributed by atoms with Crippen molar-refractivity contribution in [2.45, 2.75) is 44.4 Å².